The summed E-state index contributed by atoms with van der Waals surface area (Å²) < 4.78 is 6.37. The van der Waals surface area contributed by atoms with E-state index < -0.39 is 0 Å². The molecule has 6 heteroatoms. The first kappa shape index (κ1) is 15.5. The van der Waals surface area contributed by atoms with Crippen molar-refractivity contribution in [2.45, 2.75) is 36.5 Å². The Morgan fingerprint density at radius 3 is 2.75 bits per heavy atom. The van der Waals surface area contributed by atoms with Crippen LogP contribution >= 0.6 is 27.7 Å². The molecule has 1 aromatic heterocycles. The van der Waals surface area contributed by atoms with Gasteiger partial charge in [-0.05, 0) is 37.7 Å². The van der Waals surface area contributed by atoms with Crippen LogP contribution in [-0.2, 0) is 12.2 Å². The van der Waals surface area contributed by atoms with Crippen LogP contribution in [0.3, 0.4) is 0 Å². The standard InChI is InChI=1S/C14H18BrN3OS/c1-3-11(16-2)8-14-17-13(18-19-14)9-20-12-6-4-10(15)5-7-12/h4-7,11,16H,3,8-9H2,1-2H3. The number of aromatic nitrogens is 2. The van der Waals surface area contributed by atoms with Gasteiger partial charge in [-0.2, -0.15) is 4.98 Å². The van der Waals surface area contributed by atoms with E-state index in [-0.39, 0.29) is 0 Å². The number of halogens is 1. The minimum Gasteiger partial charge on any atom is -0.339 e. The second-order valence-electron chi connectivity index (χ2n) is 4.44. The van der Waals surface area contributed by atoms with E-state index in [9.17, 15) is 0 Å². The number of hydrogen-bond donors (Lipinski definition) is 1. The minimum atomic E-state index is 0.391. The molecule has 0 aliphatic carbocycles. The molecule has 0 saturated carbocycles. The Morgan fingerprint density at radius 1 is 1.35 bits per heavy atom. The Bertz CT molecular complexity index is 525. The first-order valence-electron chi connectivity index (χ1n) is 6.58. The van der Waals surface area contributed by atoms with Gasteiger partial charge in [-0.1, -0.05) is 28.0 Å². The maximum absolute atomic E-state index is 5.28. The van der Waals surface area contributed by atoms with E-state index in [1.807, 2.05) is 19.2 Å². The van der Waals surface area contributed by atoms with Gasteiger partial charge >= 0.3 is 0 Å². The maximum atomic E-state index is 5.28. The Morgan fingerprint density at radius 2 is 2.10 bits per heavy atom. The van der Waals surface area contributed by atoms with Gasteiger partial charge in [0, 0.05) is 21.8 Å². The molecule has 1 heterocycles. The fourth-order valence-electron chi connectivity index (χ4n) is 1.77. The predicted octanol–water partition coefficient (Wildman–Crippen LogP) is 3.66. The molecular formula is C14H18BrN3OS. The highest BCUT2D eigenvalue weighted by atomic mass is 79.9. The minimum absolute atomic E-state index is 0.391. The number of thioether (sulfide) groups is 1. The highest BCUT2D eigenvalue weighted by Gasteiger charge is 2.11. The lowest BCUT2D eigenvalue weighted by atomic mass is 10.1. The summed E-state index contributed by atoms with van der Waals surface area (Å²) in [6, 6.07) is 8.60. The van der Waals surface area contributed by atoms with Crippen molar-refractivity contribution in [1.82, 2.24) is 15.5 Å². The third kappa shape index (κ3) is 4.61. The van der Waals surface area contributed by atoms with E-state index in [1.54, 1.807) is 11.8 Å². The zero-order valence-electron chi connectivity index (χ0n) is 11.6. The Hall–Kier alpha value is -0.850. The molecule has 2 aromatic rings. The van der Waals surface area contributed by atoms with Crippen LogP contribution in [0, 0.1) is 0 Å². The van der Waals surface area contributed by atoms with Crippen LogP contribution in [0.4, 0.5) is 0 Å². The largest absolute Gasteiger partial charge is 0.339 e. The molecule has 0 radical (unpaired) electrons. The topological polar surface area (TPSA) is 51.0 Å². The molecule has 1 unspecified atom stereocenters. The number of benzene rings is 1. The SMILES string of the molecule is CCC(Cc1nc(CSc2ccc(Br)cc2)no1)NC. The lowest BCUT2D eigenvalue weighted by molar-refractivity contribution is 0.356. The summed E-state index contributed by atoms with van der Waals surface area (Å²) in [5.41, 5.74) is 0. The van der Waals surface area contributed by atoms with Crippen molar-refractivity contribution in [2.24, 2.45) is 0 Å². The fraction of sp³-hybridized carbons (Fsp3) is 0.429. The molecule has 0 saturated heterocycles. The number of nitrogens with zero attached hydrogens (tertiary/aromatic N) is 2. The quantitative estimate of drug-likeness (QED) is 0.768. The molecule has 0 fully saturated rings. The smallest absolute Gasteiger partial charge is 0.228 e. The first-order valence-corrected chi connectivity index (χ1v) is 8.36. The number of hydrogen-bond acceptors (Lipinski definition) is 5. The molecule has 0 aliphatic heterocycles. The van der Waals surface area contributed by atoms with Crippen LogP contribution < -0.4 is 5.32 Å². The monoisotopic (exact) mass is 355 g/mol. The van der Waals surface area contributed by atoms with Crippen molar-refractivity contribution in [2.75, 3.05) is 7.05 Å². The molecule has 0 amide bonds. The van der Waals surface area contributed by atoms with Crippen molar-refractivity contribution < 1.29 is 4.52 Å². The third-order valence-electron chi connectivity index (χ3n) is 3.01. The molecular weight excluding hydrogens is 338 g/mol. The van der Waals surface area contributed by atoms with Gasteiger partial charge in [0.2, 0.25) is 5.89 Å². The van der Waals surface area contributed by atoms with Crippen LogP contribution in [-0.4, -0.2) is 23.2 Å². The van der Waals surface area contributed by atoms with Gasteiger partial charge in [-0.3, -0.25) is 0 Å². The lowest BCUT2D eigenvalue weighted by Crippen LogP contribution is -2.26. The normalized spacial score (nSPS) is 12.6. The summed E-state index contributed by atoms with van der Waals surface area (Å²) in [5, 5.41) is 7.26. The van der Waals surface area contributed by atoms with Gasteiger partial charge in [0.25, 0.3) is 0 Å². The van der Waals surface area contributed by atoms with Crippen molar-refractivity contribution in [3.05, 3.63) is 40.5 Å². The summed E-state index contributed by atoms with van der Waals surface area (Å²) in [5.74, 6) is 2.18. The highest BCUT2D eigenvalue weighted by molar-refractivity contribution is 9.10. The zero-order chi connectivity index (χ0) is 14.4. The Kier molecular flexibility index (Phi) is 6.06. The van der Waals surface area contributed by atoms with E-state index in [2.05, 4.69) is 50.4 Å². The molecule has 0 spiro atoms. The van der Waals surface area contributed by atoms with Crippen molar-refractivity contribution in [1.29, 1.82) is 0 Å². The van der Waals surface area contributed by atoms with Gasteiger partial charge in [0.15, 0.2) is 5.82 Å². The van der Waals surface area contributed by atoms with Gasteiger partial charge < -0.3 is 9.84 Å². The van der Waals surface area contributed by atoms with Crippen LogP contribution in [0.1, 0.15) is 25.1 Å². The molecule has 108 valence electrons. The van der Waals surface area contributed by atoms with E-state index in [4.69, 9.17) is 4.52 Å². The van der Waals surface area contributed by atoms with Gasteiger partial charge in [-0.15, -0.1) is 11.8 Å². The summed E-state index contributed by atoms with van der Waals surface area (Å²) in [6.45, 7) is 2.14. The van der Waals surface area contributed by atoms with Gasteiger partial charge in [0.1, 0.15) is 0 Å². The molecule has 1 aromatic carbocycles. The number of rotatable bonds is 7. The van der Waals surface area contributed by atoms with Crippen molar-refractivity contribution in [3.8, 4) is 0 Å². The third-order valence-corrected chi connectivity index (χ3v) is 4.55. The Labute approximate surface area is 131 Å². The van der Waals surface area contributed by atoms with Crippen molar-refractivity contribution in [3.63, 3.8) is 0 Å². The van der Waals surface area contributed by atoms with Gasteiger partial charge in [0.05, 0.1) is 5.75 Å². The molecule has 0 bridgehead atoms. The summed E-state index contributed by atoms with van der Waals surface area (Å²) in [7, 11) is 1.95. The molecule has 0 aliphatic rings. The van der Waals surface area contributed by atoms with E-state index in [1.165, 1.54) is 4.90 Å². The second kappa shape index (κ2) is 7.81. The average molecular weight is 356 g/mol. The van der Waals surface area contributed by atoms with E-state index in [0.717, 1.165) is 28.9 Å². The maximum Gasteiger partial charge on any atom is 0.228 e. The van der Waals surface area contributed by atoms with E-state index >= 15 is 0 Å². The lowest BCUT2D eigenvalue weighted by Gasteiger charge is -2.09. The first-order chi connectivity index (χ1) is 9.71. The average Bonchev–Trinajstić information content (AvgIpc) is 2.92. The molecule has 1 atom stereocenters. The van der Waals surface area contributed by atoms with Crippen molar-refractivity contribution >= 4 is 27.7 Å². The van der Waals surface area contributed by atoms with Crippen LogP contribution in [0.2, 0.25) is 0 Å². The molecule has 2 rings (SSSR count). The highest BCUT2D eigenvalue weighted by Crippen LogP contribution is 2.23. The summed E-state index contributed by atoms with van der Waals surface area (Å²) in [6.07, 6.45) is 1.82. The molecule has 1 N–H and O–H groups in total. The van der Waals surface area contributed by atoms with Crippen LogP contribution in [0.25, 0.3) is 0 Å². The number of nitrogens with one attached hydrogen (secondary N) is 1. The summed E-state index contributed by atoms with van der Waals surface area (Å²) in [4.78, 5) is 5.63. The predicted molar refractivity (Wildman–Crippen MR) is 84.8 cm³/mol. The van der Waals surface area contributed by atoms with Crippen LogP contribution in [0.5, 0.6) is 0 Å². The Balaban J connectivity index is 1.87. The molecule has 4 nitrogen and oxygen atoms in total. The second-order valence-corrected chi connectivity index (χ2v) is 6.41. The number of likely N-dealkylation sites (N-methyl/N-ethyl adjacent to an activating group) is 1. The summed E-state index contributed by atoms with van der Waals surface area (Å²) >= 11 is 5.13. The van der Waals surface area contributed by atoms with Gasteiger partial charge in [-0.25, -0.2) is 0 Å². The van der Waals surface area contributed by atoms with E-state index in [0.29, 0.717) is 11.9 Å². The zero-order valence-corrected chi connectivity index (χ0v) is 14.0. The fourth-order valence-corrected chi connectivity index (χ4v) is 2.78. The molecule has 20 heavy (non-hydrogen) atoms. The van der Waals surface area contributed by atoms with Crippen LogP contribution in [0.15, 0.2) is 38.2 Å².